The van der Waals surface area contributed by atoms with Gasteiger partial charge in [0.2, 0.25) is 0 Å². The number of aromatic nitrogens is 1. The maximum absolute atomic E-state index is 10.9. The van der Waals surface area contributed by atoms with Crippen LogP contribution in [0.5, 0.6) is 0 Å². The van der Waals surface area contributed by atoms with E-state index in [2.05, 4.69) is 19.0 Å². The summed E-state index contributed by atoms with van der Waals surface area (Å²) in [6, 6.07) is 1.99. The third-order valence-electron chi connectivity index (χ3n) is 10.5. The second-order valence-corrected chi connectivity index (χ2v) is 11.9. The van der Waals surface area contributed by atoms with Gasteiger partial charge in [-0.2, -0.15) is 0 Å². The van der Waals surface area contributed by atoms with Crippen molar-refractivity contribution in [3.05, 3.63) is 17.5 Å². The monoisotopic (exact) mass is 431 g/mol. The van der Waals surface area contributed by atoms with Crippen molar-refractivity contribution in [2.75, 3.05) is 13.7 Å². The number of hydrogen-bond donors (Lipinski definition) is 2. The summed E-state index contributed by atoms with van der Waals surface area (Å²) in [5.41, 5.74) is 1.19. The lowest BCUT2D eigenvalue weighted by molar-refractivity contribution is -0.159. The van der Waals surface area contributed by atoms with E-state index in [1.54, 1.807) is 0 Å². The molecule has 4 saturated carbocycles. The van der Waals surface area contributed by atoms with Crippen molar-refractivity contribution in [1.82, 2.24) is 5.16 Å². The average Bonchev–Trinajstić information content (AvgIpc) is 3.35. The fourth-order valence-corrected chi connectivity index (χ4v) is 9.08. The molecule has 1 aromatic heterocycles. The Bertz CT molecular complexity index is 790. The molecule has 5 heteroatoms. The first-order chi connectivity index (χ1) is 14.8. The molecule has 0 saturated heterocycles. The molecule has 0 bridgehead atoms. The van der Waals surface area contributed by atoms with Gasteiger partial charge in [0, 0.05) is 25.7 Å². The predicted molar refractivity (Wildman–Crippen MR) is 118 cm³/mol. The smallest absolute Gasteiger partial charge is 0.162 e. The molecule has 4 fully saturated rings. The van der Waals surface area contributed by atoms with Gasteiger partial charge >= 0.3 is 0 Å². The molecule has 8 atom stereocenters. The van der Waals surface area contributed by atoms with Crippen LogP contribution in [0.4, 0.5) is 0 Å². The Morgan fingerprint density at radius 3 is 2.68 bits per heavy atom. The lowest BCUT2D eigenvalue weighted by Crippen LogP contribution is -2.56. The Balaban J connectivity index is 1.43. The molecule has 174 valence electrons. The number of aliphatic hydroxyl groups is 2. The number of rotatable bonds is 5. The van der Waals surface area contributed by atoms with Crippen molar-refractivity contribution in [1.29, 1.82) is 0 Å². The zero-order valence-electron chi connectivity index (χ0n) is 19.6. The average molecular weight is 432 g/mol. The van der Waals surface area contributed by atoms with E-state index >= 15 is 0 Å². The highest BCUT2D eigenvalue weighted by Gasteiger charge is 2.62. The summed E-state index contributed by atoms with van der Waals surface area (Å²) in [5.74, 6) is 3.96. The summed E-state index contributed by atoms with van der Waals surface area (Å²) >= 11 is 0. The quantitative estimate of drug-likeness (QED) is 0.681. The van der Waals surface area contributed by atoms with Gasteiger partial charge in [0.15, 0.2) is 5.76 Å². The maximum atomic E-state index is 10.9. The van der Waals surface area contributed by atoms with Gasteiger partial charge in [-0.1, -0.05) is 12.1 Å². The molecule has 4 aliphatic rings. The summed E-state index contributed by atoms with van der Waals surface area (Å²) in [5, 5.41) is 24.7. The number of hydrogen-bond acceptors (Lipinski definition) is 5. The van der Waals surface area contributed by atoms with Crippen LogP contribution in [-0.2, 0) is 11.3 Å². The summed E-state index contributed by atoms with van der Waals surface area (Å²) in [4.78, 5) is 0. The van der Waals surface area contributed by atoms with E-state index in [4.69, 9.17) is 9.26 Å². The van der Waals surface area contributed by atoms with Crippen molar-refractivity contribution in [2.45, 2.75) is 96.2 Å². The molecule has 31 heavy (non-hydrogen) atoms. The van der Waals surface area contributed by atoms with Crippen molar-refractivity contribution < 1.29 is 19.5 Å². The van der Waals surface area contributed by atoms with Gasteiger partial charge in [0.25, 0.3) is 0 Å². The van der Waals surface area contributed by atoms with Crippen molar-refractivity contribution in [3.63, 3.8) is 0 Å². The molecule has 4 aliphatic carbocycles. The van der Waals surface area contributed by atoms with Gasteiger partial charge in [-0.05, 0) is 106 Å². The van der Waals surface area contributed by atoms with Gasteiger partial charge in [0.1, 0.15) is 6.61 Å². The van der Waals surface area contributed by atoms with E-state index in [0.717, 1.165) is 55.7 Å². The lowest BCUT2D eigenvalue weighted by atomic mass is 9.42. The topological polar surface area (TPSA) is 75.7 Å². The molecule has 2 N–H and O–H groups in total. The molecule has 0 unspecified atom stereocenters. The molecular weight excluding hydrogens is 390 g/mol. The molecule has 1 aromatic rings. The number of fused-ring (bicyclic) bond motifs is 5. The van der Waals surface area contributed by atoms with Crippen LogP contribution in [0.1, 0.15) is 95.4 Å². The third kappa shape index (κ3) is 3.41. The van der Waals surface area contributed by atoms with Crippen LogP contribution in [0.15, 0.2) is 10.6 Å². The van der Waals surface area contributed by atoms with Crippen LogP contribution in [0, 0.1) is 34.5 Å². The van der Waals surface area contributed by atoms with Crippen molar-refractivity contribution >= 4 is 0 Å². The molecule has 0 radical (unpaired) electrons. The van der Waals surface area contributed by atoms with E-state index in [1.807, 2.05) is 13.2 Å². The summed E-state index contributed by atoms with van der Waals surface area (Å²) < 4.78 is 11.0. The van der Waals surface area contributed by atoms with Gasteiger partial charge in [-0.15, -0.1) is 0 Å². The van der Waals surface area contributed by atoms with Crippen LogP contribution in [0.3, 0.4) is 0 Å². The maximum Gasteiger partial charge on any atom is 0.162 e. The van der Waals surface area contributed by atoms with Gasteiger partial charge in [-0.3, -0.25) is 0 Å². The highest BCUT2D eigenvalue weighted by molar-refractivity contribution is 5.20. The minimum atomic E-state index is -0.493. The van der Waals surface area contributed by atoms with Crippen LogP contribution in [-0.4, -0.2) is 34.7 Å². The molecule has 0 aliphatic heterocycles. The van der Waals surface area contributed by atoms with E-state index in [-0.39, 0.29) is 12.0 Å². The SMILES string of the molecule is COCC[C@]12CC[C@@](C)(O)C[C@H]1CC[C@H]1[C@@H]3CC[C@H](c4cc(CO)on4)[C@@]3(C)CC[C@@H]12. The second-order valence-electron chi connectivity index (χ2n) is 11.9. The van der Waals surface area contributed by atoms with Crippen LogP contribution in [0.2, 0.25) is 0 Å². The first-order valence-electron chi connectivity index (χ1n) is 12.6. The minimum Gasteiger partial charge on any atom is -0.390 e. The Morgan fingerprint density at radius 2 is 1.94 bits per heavy atom. The van der Waals surface area contributed by atoms with Gasteiger partial charge in [-0.25, -0.2) is 0 Å². The lowest BCUT2D eigenvalue weighted by Gasteiger charge is -2.63. The van der Waals surface area contributed by atoms with Crippen molar-refractivity contribution in [2.24, 2.45) is 34.5 Å². The molecule has 0 spiro atoms. The largest absolute Gasteiger partial charge is 0.390 e. The molecule has 1 heterocycles. The van der Waals surface area contributed by atoms with Gasteiger partial charge < -0.3 is 19.5 Å². The molecule has 0 aromatic carbocycles. The number of nitrogens with zero attached hydrogens (tertiary/aromatic N) is 1. The van der Waals surface area contributed by atoms with Crippen molar-refractivity contribution in [3.8, 4) is 0 Å². The highest BCUT2D eigenvalue weighted by atomic mass is 16.5. The minimum absolute atomic E-state index is 0.0717. The van der Waals surface area contributed by atoms with E-state index in [0.29, 0.717) is 23.0 Å². The number of methoxy groups -OCH3 is 1. The first-order valence-corrected chi connectivity index (χ1v) is 12.6. The normalized spacial score (nSPS) is 46.9. The Morgan fingerprint density at radius 1 is 1.10 bits per heavy atom. The Hall–Kier alpha value is -0.910. The molecule has 5 rings (SSSR count). The van der Waals surface area contributed by atoms with Gasteiger partial charge in [0.05, 0.1) is 11.3 Å². The number of ether oxygens (including phenoxy) is 1. The summed E-state index contributed by atoms with van der Waals surface area (Å²) in [6.07, 6.45) is 11.8. The highest BCUT2D eigenvalue weighted by Crippen LogP contribution is 2.70. The first kappa shape index (κ1) is 21.9. The third-order valence-corrected chi connectivity index (χ3v) is 10.5. The van der Waals surface area contributed by atoms with Crippen LogP contribution >= 0.6 is 0 Å². The van der Waals surface area contributed by atoms with Crippen LogP contribution < -0.4 is 0 Å². The summed E-state index contributed by atoms with van der Waals surface area (Å²) in [7, 11) is 1.84. The second kappa shape index (κ2) is 7.85. The van der Waals surface area contributed by atoms with E-state index in [9.17, 15) is 10.2 Å². The zero-order valence-corrected chi connectivity index (χ0v) is 19.6. The summed E-state index contributed by atoms with van der Waals surface area (Å²) in [6.45, 7) is 5.34. The Labute approximate surface area is 186 Å². The fraction of sp³-hybridized carbons (Fsp3) is 0.885. The van der Waals surface area contributed by atoms with E-state index < -0.39 is 5.60 Å². The van der Waals surface area contributed by atoms with E-state index in [1.165, 1.54) is 38.5 Å². The Kier molecular flexibility index (Phi) is 5.55. The standard InChI is InChI=1S/C26H41NO4/c1-24(29)10-11-26(12-13-30-3)17(15-24)4-5-19-20-6-7-22(23-14-18(16-28)31-27-23)25(20,2)9-8-21(19)26/h14,17,19-22,28-29H,4-13,15-16H2,1-3H3/t17-,19+,20+,21+,22-,24-,25+,26-/m1/s1. The fourth-order valence-electron chi connectivity index (χ4n) is 9.08. The molecule has 5 nitrogen and oxygen atoms in total. The number of aliphatic hydroxyl groups excluding tert-OH is 1. The zero-order chi connectivity index (χ0) is 21.9. The molecule has 0 amide bonds. The predicted octanol–water partition coefficient (Wildman–Crippen LogP) is 5.06. The molecular formula is C26H41NO4. The van der Waals surface area contributed by atoms with Crippen LogP contribution in [0.25, 0.3) is 0 Å².